The monoisotopic (exact) mass is 533 g/mol. The number of methoxy groups -OCH3 is 1. The second kappa shape index (κ2) is 11.4. The largest absolute Gasteiger partial charge is 0.496 e. The van der Waals surface area contributed by atoms with Crippen molar-refractivity contribution in [2.75, 3.05) is 12.4 Å². The molecule has 2 amide bonds. The smallest absolute Gasteiger partial charge is 0.309 e. The van der Waals surface area contributed by atoms with E-state index < -0.39 is 17.3 Å². The van der Waals surface area contributed by atoms with Gasteiger partial charge in [0.1, 0.15) is 17.6 Å². The summed E-state index contributed by atoms with van der Waals surface area (Å²) in [5, 5.41) is 25.1. The maximum Gasteiger partial charge on any atom is 0.309 e. The molecule has 2 aliphatic carbocycles. The highest BCUT2D eigenvalue weighted by atomic mass is 16.5. The zero-order valence-corrected chi connectivity index (χ0v) is 22.8. The van der Waals surface area contributed by atoms with Crippen molar-refractivity contribution in [2.24, 2.45) is 11.3 Å². The Kier molecular flexibility index (Phi) is 8.14. The average molecular weight is 534 g/mol. The van der Waals surface area contributed by atoms with Gasteiger partial charge >= 0.3 is 5.97 Å². The minimum absolute atomic E-state index is 0.129. The van der Waals surface area contributed by atoms with Gasteiger partial charge in [-0.1, -0.05) is 13.0 Å². The first-order valence-electron chi connectivity index (χ1n) is 13.3. The van der Waals surface area contributed by atoms with E-state index >= 15 is 0 Å². The van der Waals surface area contributed by atoms with E-state index in [1.54, 1.807) is 19.1 Å². The van der Waals surface area contributed by atoms with E-state index in [-0.39, 0.29) is 40.7 Å². The van der Waals surface area contributed by atoms with Crippen LogP contribution in [0.25, 0.3) is 0 Å². The van der Waals surface area contributed by atoms with Crippen molar-refractivity contribution in [1.29, 1.82) is 5.26 Å². The van der Waals surface area contributed by atoms with Gasteiger partial charge < -0.3 is 25.2 Å². The molecule has 0 spiro atoms. The quantitative estimate of drug-likeness (QED) is 0.431. The molecule has 0 aliphatic heterocycles. The van der Waals surface area contributed by atoms with Gasteiger partial charge in [-0.3, -0.25) is 14.4 Å². The number of carboxylic acid groups (broad SMARTS) is 1. The topological polar surface area (TPSA) is 138 Å². The fourth-order valence-electron chi connectivity index (χ4n) is 5.26. The Morgan fingerprint density at radius 3 is 2.33 bits per heavy atom. The molecule has 206 valence electrons. The van der Waals surface area contributed by atoms with E-state index in [4.69, 9.17) is 9.47 Å². The number of carbonyl (C=O) groups is 3. The summed E-state index contributed by atoms with van der Waals surface area (Å²) in [7, 11) is 1.41. The predicted octanol–water partition coefficient (Wildman–Crippen LogP) is 5.07. The van der Waals surface area contributed by atoms with E-state index in [0.717, 1.165) is 18.4 Å². The molecule has 4 rings (SSSR count). The van der Waals surface area contributed by atoms with Crippen LogP contribution in [0.1, 0.15) is 84.2 Å². The third kappa shape index (κ3) is 6.17. The second-order valence-electron chi connectivity index (χ2n) is 11.1. The standard InChI is InChI=1S/C30H35N3O6/c1-17-5-6-22(27(34)32-20-11-18(2)12-20)24(13-17)33-28(35)23-15-25(19(16-31)14-26(23)38-4)39-21-7-9-30(3,10-8-21)29(36)37/h5-6,13-15,18,20-21H,7-12H2,1-4H3,(H,32,34)(H,33,35)(H,36,37). The number of hydrogen-bond acceptors (Lipinski definition) is 6. The number of rotatable bonds is 8. The van der Waals surface area contributed by atoms with Gasteiger partial charge in [-0.2, -0.15) is 5.26 Å². The molecule has 0 unspecified atom stereocenters. The van der Waals surface area contributed by atoms with Gasteiger partial charge in [0.25, 0.3) is 11.8 Å². The number of aryl methyl sites for hydroxylation is 1. The Bertz CT molecular complexity index is 1320. The number of ether oxygens (including phenoxy) is 2. The van der Waals surface area contributed by atoms with Gasteiger partial charge in [0.05, 0.1) is 41.0 Å². The Morgan fingerprint density at radius 1 is 1.05 bits per heavy atom. The third-order valence-electron chi connectivity index (χ3n) is 7.89. The number of hydrogen-bond donors (Lipinski definition) is 3. The Morgan fingerprint density at radius 2 is 1.74 bits per heavy atom. The van der Waals surface area contributed by atoms with Crippen LogP contribution in [0, 0.1) is 29.6 Å². The highest BCUT2D eigenvalue weighted by Gasteiger charge is 2.38. The maximum absolute atomic E-state index is 13.5. The average Bonchev–Trinajstić information content (AvgIpc) is 2.88. The third-order valence-corrected chi connectivity index (χ3v) is 7.89. The number of nitrogens with zero attached hydrogens (tertiary/aromatic N) is 1. The summed E-state index contributed by atoms with van der Waals surface area (Å²) in [6.07, 6.45) is 3.52. The molecule has 3 N–H and O–H groups in total. The number of aliphatic carboxylic acids is 1. The van der Waals surface area contributed by atoms with E-state index in [2.05, 4.69) is 23.6 Å². The molecule has 2 aliphatic rings. The molecule has 2 aromatic rings. The lowest BCUT2D eigenvalue weighted by Crippen LogP contribution is -2.43. The van der Waals surface area contributed by atoms with Gasteiger partial charge in [0.15, 0.2) is 0 Å². The number of nitrogens with one attached hydrogen (secondary N) is 2. The summed E-state index contributed by atoms with van der Waals surface area (Å²) in [6.45, 7) is 5.75. The summed E-state index contributed by atoms with van der Waals surface area (Å²) in [5.41, 5.74) is 1.18. The van der Waals surface area contributed by atoms with Crippen molar-refractivity contribution >= 4 is 23.5 Å². The minimum atomic E-state index is -0.825. The van der Waals surface area contributed by atoms with Gasteiger partial charge in [-0.25, -0.2) is 0 Å². The number of benzene rings is 2. The van der Waals surface area contributed by atoms with Crippen LogP contribution in [0.5, 0.6) is 11.5 Å². The number of carbonyl (C=O) groups excluding carboxylic acids is 2. The van der Waals surface area contributed by atoms with Crippen LogP contribution in [0.3, 0.4) is 0 Å². The van der Waals surface area contributed by atoms with Crippen LogP contribution in [0.4, 0.5) is 5.69 Å². The Balaban J connectivity index is 1.56. The maximum atomic E-state index is 13.5. The van der Waals surface area contributed by atoms with Gasteiger partial charge in [0.2, 0.25) is 0 Å². The van der Waals surface area contributed by atoms with Gasteiger partial charge in [-0.15, -0.1) is 0 Å². The van der Waals surface area contributed by atoms with Crippen LogP contribution in [0.15, 0.2) is 30.3 Å². The van der Waals surface area contributed by atoms with Crippen molar-refractivity contribution < 1.29 is 29.0 Å². The van der Waals surface area contributed by atoms with E-state index in [9.17, 15) is 24.8 Å². The molecule has 9 heteroatoms. The molecular weight excluding hydrogens is 498 g/mol. The molecule has 9 nitrogen and oxygen atoms in total. The number of nitriles is 1. The molecular formula is C30H35N3O6. The van der Waals surface area contributed by atoms with Crippen LogP contribution in [-0.4, -0.2) is 42.1 Å². The fourth-order valence-corrected chi connectivity index (χ4v) is 5.26. The summed E-state index contributed by atoms with van der Waals surface area (Å²) in [4.78, 5) is 38.1. The normalized spacial score (nSPS) is 24.0. The summed E-state index contributed by atoms with van der Waals surface area (Å²) >= 11 is 0. The lowest BCUT2D eigenvalue weighted by molar-refractivity contribution is -0.150. The molecule has 0 aromatic heterocycles. The number of amides is 2. The van der Waals surface area contributed by atoms with Crippen LogP contribution < -0.4 is 20.1 Å². The van der Waals surface area contributed by atoms with Gasteiger partial charge in [0, 0.05) is 12.1 Å². The van der Waals surface area contributed by atoms with E-state index in [1.165, 1.54) is 19.2 Å². The summed E-state index contributed by atoms with van der Waals surface area (Å²) < 4.78 is 11.5. The van der Waals surface area contributed by atoms with Crippen LogP contribution in [0.2, 0.25) is 0 Å². The van der Waals surface area contributed by atoms with Crippen molar-refractivity contribution in [1.82, 2.24) is 5.32 Å². The molecule has 0 heterocycles. The van der Waals surface area contributed by atoms with Crippen LogP contribution >= 0.6 is 0 Å². The predicted molar refractivity (Wildman–Crippen MR) is 145 cm³/mol. The highest BCUT2D eigenvalue weighted by Crippen LogP contribution is 2.39. The van der Waals surface area contributed by atoms with Crippen LogP contribution in [-0.2, 0) is 4.79 Å². The van der Waals surface area contributed by atoms with Crippen molar-refractivity contribution in [3.05, 3.63) is 52.6 Å². The summed E-state index contributed by atoms with van der Waals surface area (Å²) in [6, 6.07) is 10.4. The molecule has 2 fully saturated rings. The van der Waals surface area contributed by atoms with Crippen molar-refractivity contribution in [2.45, 2.75) is 71.4 Å². The first kappa shape index (κ1) is 28.0. The molecule has 0 radical (unpaired) electrons. The number of anilines is 1. The summed E-state index contributed by atoms with van der Waals surface area (Å²) in [5.74, 6) is -0.574. The molecule has 0 saturated heterocycles. The lowest BCUT2D eigenvalue weighted by atomic mass is 9.75. The number of carboxylic acids is 1. The van der Waals surface area contributed by atoms with Gasteiger partial charge in [-0.05, 0) is 82.1 Å². The molecule has 2 aromatic carbocycles. The minimum Gasteiger partial charge on any atom is -0.496 e. The lowest BCUT2D eigenvalue weighted by Gasteiger charge is -2.34. The van der Waals surface area contributed by atoms with Crippen molar-refractivity contribution in [3.63, 3.8) is 0 Å². The van der Waals surface area contributed by atoms with E-state index in [1.807, 2.05) is 13.0 Å². The Hall–Kier alpha value is -4.06. The molecule has 2 saturated carbocycles. The Labute approximate surface area is 228 Å². The SMILES string of the molecule is COc1cc(C#N)c(OC2CCC(C)(C(=O)O)CC2)cc1C(=O)Nc1cc(C)ccc1C(=O)NC1CC(C)C1. The molecule has 39 heavy (non-hydrogen) atoms. The zero-order valence-electron chi connectivity index (χ0n) is 22.8. The second-order valence-corrected chi connectivity index (χ2v) is 11.1. The fraction of sp³-hybridized carbons (Fsp3) is 0.467. The molecule has 0 atom stereocenters. The van der Waals surface area contributed by atoms with E-state index in [0.29, 0.717) is 42.9 Å². The first-order valence-corrected chi connectivity index (χ1v) is 13.3. The zero-order chi connectivity index (χ0) is 28.3. The highest BCUT2D eigenvalue weighted by molar-refractivity contribution is 6.10. The first-order chi connectivity index (χ1) is 18.5. The van der Waals surface area contributed by atoms with Crippen molar-refractivity contribution in [3.8, 4) is 17.6 Å². The molecule has 0 bridgehead atoms.